The minimum absolute atomic E-state index is 0.149. The van der Waals surface area contributed by atoms with Gasteiger partial charge >= 0.3 is 11.9 Å². The Morgan fingerprint density at radius 1 is 1.05 bits per heavy atom. The molecule has 0 saturated carbocycles. The van der Waals surface area contributed by atoms with E-state index in [1.807, 2.05) is 6.92 Å². The van der Waals surface area contributed by atoms with E-state index in [-0.39, 0.29) is 25.9 Å². The molecule has 5 heteroatoms. The first-order valence-electron chi connectivity index (χ1n) is 6.15. The molecule has 0 saturated heterocycles. The molecule has 108 valence electrons. The first-order chi connectivity index (χ1) is 8.88. The first-order valence-corrected chi connectivity index (χ1v) is 6.15. The van der Waals surface area contributed by atoms with Gasteiger partial charge in [0.15, 0.2) is 0 Å². The molecule has 0 aliphatic heterocycles. The highest BCUT2D eigenvalue weighted by Gasteiger charge is 2.13. The van der Waals surface area contributed by atoms with Crippen molar-refractivity contribution in [1.29, 1.82) is 0 Å². The summed E-state index contributed by atoms with van der Waals surface area (Å²) in [7, 11) is 0. The molecular formula is C14H22O5. The van der Waals surface area contributed by atoms with Crippen molar-refractivity contribution in [1.82, 2.24) is 0 Å². The molecule has 0 radical (unpaired) electrons. The van der Waals surface area contributed by atoms with Crippen molar-refractivity contribution < 1.29 is 23.8 Å². The fourth-order valence-corrected chi connectivity index (χ4v) is 1.02. The summed E-state index contributed by atoms with van der Waals surface area (Å²) in [6, 6.07) is 0. The molecule has 0 aromatic rings. The molecule has 1 unspecified atom stereocenters. The van der Waals surface area contributed by atoms with Crippen LogP contribution < -0.4 is 0 Å². The minimum atomic E-state index is -0.440. The second-order valence-corrected chi connectivity index (χ2v) is 4.21. The summed E-state index contributed by atoms with van der Waals surface area (Å²) in [6.45, 7) is 12.7. The van der Waals surface area contributed by atoms with E-state index in [1.165, 1.54) is 0 Å². The van der Waals surface area contributed by atoms with E-state index >= 15 is 0 Å². The Kier molecular flexibility index (Phi) is 8.53. The van der Waals surface area contributed by atoms with Gasteiger partial charge in [-0.15, -0.1) is 0 Å². The van der Waals surface area contributed by atoms with Crippen molar-refractivity contribution in [3.63, 3.8) is 0 Å². The fourth-order valence-electron chi connectivity index (χ4n) is 1.02. The smallest absolute Gasteiger partial charge is 0.333 e. The van der Waals surface area contributed by atoms with Crippen LogP contribution >= 0.6 is 0 Å². The summed E-state index contributed by atoms with van der Waals surface area (Å²) in [5, 5.41) is 0. The van der Waals surface area contributed by atoms with Gasteiger partial charge in [0, 0.05) is 11.1 Å². The van der Waals surface area contributed by atoms with Crippen LogP contribution in [0.3, 0.4) is 0 Å². The van der Waals surface area contributed by atoms with Gasteiger partial charge in [0.2, 0.25) is 0 Å². The molecule has 1 atom stereocenters. The highest BCUT2D eigenvalue weighted by Crippen LogP contribution is 2.03. The Morgan fingerprint density at radius 3 is 2.11 bits per heavy atom. The Balaban J connectivity index is 3.79. The number of hydrogen-bond acceptors (Lipinski definition) is 5. The maximum Gasteiger partial charge on any atom is 0.333 e. The highest BCUT2D eigenvalue weighted by molar-refractivity contribution is 5.87. The zero-order chi connectivity index (χ0) is 14.8. The van der Waals surface area contributed by atoms with Crippen LogP contribution in [0, 0.1) is 0 Å². The lowest BCUT2D eigenvalue weighted by Gasteiger charge is -2.16. The Hall–Kier alpha value is -1.62. The van der Waals surface area contributed by atoms with Crippen molar-refractivity contribution in [2.45, 2.75) is 33.3 Å². The molecule has 19 heavy (non-hydrogen) atoms. The largest absolute Gasteiger partial charge is 0.460 e. The van der Waals surface area contributed by atoms with Crippen LogP contribution in [0.25, 0.3) is 0 Å². The van der Waals surface area contributed by atoms with Crippen LogP contribution in [0.1, 0.15) is 27.2 Å². The van der Waals surface area contributed by atoms with E-state index in [4.69, 9.17) is 14.2 Å². The minimum Gasteiger partial charge on any atom is -0.460 e. The fraction of sp³-hybridized carbons (Fsp3) is 0.571. The highest BCUT2D eigenvalue weighted by atomic mass is 16.6. The van der Waals surface area contributed by atoms with Crippen LogP contribution in [0.5, 0.6) is 0 Å². The predicted molar refractivity (Wildman–Crippen MR) is 71.6 cm³/mol. The summed E-state index contributed by atoms with van der Waals surface area (Å²) in [4.78, 5) is 22.4. The maximum atomic E-state index is 11.3. The van der Waals surface area contributed by atoms with Crippen molar-refractivity contribution in [3.05, 3.63) is 24.3 Å². The number of carbonyl (C=O) groups is 2. The third-order valence-corrected chi connectivity index (χ3v) is 2.19. The molecule has 0 aliphatic carbocycles. The zero-order valence-electron chi connectivity index (χ0n) is 11.9. The monoisotopic (exact) mass is 270 g/mol. The van der Waals surface area contributed by atoms with Crippen LogP contribution in [-0.2, 0) is 23.8 Å². The van der Waals surface area contributed by atoms with E-state index in [2.05, 4.69) is 13.2 Å². The standard InChI is InChI=1S/C14H22O5/c1-6-12(19-14(16)11(4)5)9-17-7-8-18-13(15)10(2)3/h12H,2,4,6-9H2,1,3,5H3. The molecule has 0 fully saturated rings. The Labute approximate surface area is 114 Å². The van der Waals surface area contributed by atoms with E-state index in [9.17, 15) is 9.59 Å². The molecule has 0 aromatic carbocycles. The normalized spacial score (nSPS) is 11.5. The van der Waals surface area contributed by atoms with Crippen molar-refractivity contribution in [2.75, 3.05) is 19.8 Å². The zero-order valence-corrected chi connectivity index (χ0v) is 11.9. The summed E-state index contributed by atoms with van der Waals surface area (Å²) in [5.41, 5.74) is 0.704. The second-order valence-electron chi connectivity index (χ2n) is 4.21. The van der Waals surface area contributed by atoms with Crippen LogP contribution in [-0.4, -0.2) is 37.9 Å². The molecule has 0 aromatic heterocycles. The van der Waals surface area contributed by atoms with Gasteiger partial charge in [-0.2, -0.15) is 0 Å². The molecular weight excluding hydrogens is 248 g/mol. The third kappa shape index (κ3) is 8.15. The molecule has 0 aliphatic rings. The molecule has 5 nitrogen and oxygen atoms in total. The maximum absolute atomic E-state index is 11.3. The van der Waals surface area contributed by atoms with E-state index in [0.29, 0.717) is 17.6 Å². The number of rotatable bonds is 9. The van der Waals surface area contributed by atoms with Gasteiger partial charge in [-0.3, -0.25) is 0 Å². The lowest BCUT2D eigenvalue weighted by atomic mass is 10.3. The van der Waals surface area contributed by atoms with Gasteiger partial charge in [0.05, 0.1) is 13.2 Å². The lowest BCUT2D eigenvalue weighted by Crippen LogP contribution is -2.24. The topological polar surface area (TPSA) is 61.8 Å². The Bertz CT molecular complexity index is 346. The Morgan fingerprint density at radius 2 is 1.63 bits per heavy atom. The molecule has 0 N–H and O–H groups in total. The number of esters is 2. The van der Waals surface area contributed by atoms with E-state index in [0.717, 1.165) is 0 Å². The van der Waals surface area contributed by atoms with Crippen LogP contribution in [0.2, 0.25) is 0 Å². The van der Waals surface area contributed by atoms with Gasteiger partial charge < -0.3 is 14.2 Å². The lowest BCUT2D eigenvalue weighted by molar-refractivity contribution is -0.148. The van der Waals surface area contributed by atoms with Gasteiger partial charge in [0.1, 0.15) is 12.7 Å². The second kappa shape index (κ2) is 9.33. The van der Waals surface area contributed by atoms with E-state index < -0.39 is 11.9 Å². The molecule has 0 bridgehead atoms. The van der Waals surface area contributed by atoms with Crippen LogP contribution in [0.4, 0.5) is 0 Å². The average Bonchev–Trinajstić information content (AvgIpc) is 2.35. The number of carbonyl (C=O) groups excluding carboxylic acids is 2. The molecule has 0 spiro atoms. The van der Waals surface area contributed by atoms with Gasteiger partial charge in [-0.1, -0.05) is 20.1 Å². The number of ether oxygens (including phenoxy) is 3. The van der Waals surface area contributed by atoms with Gasteiger partial charge in [0.25, 0.3) is 0 Å². The summed E-state index contributed by atoms with van der Waals surface area (Å²) >= 11 is 0. The van der Waals surface area contributed by atoms with Crippen molar-refractivity contribution in [3.8, 4) is 0 Å². The quantitative estimate of drug-likeness (QED) is 0.364. The first kappa shape index (κ1) is 17.4. The SMILES string of the molecule is C=C(C)C(=O)OCCOCC(CC)OC(=O)C(=C)C. The van der Waals surface area contributed by atoms with Crippen LogP contribution in [0.15, 0.2) is 24.3 Å². The van der Waals surface area contributed by atoms with Gasteiger partial charge in [-0.25, -0.2) is 9.59 Å². The molecule has 0 rings (SSSR count). The summed E-state index contributed by atoms with van der Waals surface area (Å²) in [5.74, 6) is -0.867. The van der Waals surface area contributed by atoms with E-state index in [1.54, 1.807) is 13.8 Å². The average molecular weight is 270 g/mol. The summed E-state index contributed by atoms with van der Waals surface area (Å²) in [6.07, 6.45) is 0.325. The van der Waals surface area contributed by atoms with Crippen molar-refractivity contribution >= 4 is 11.9 Å². The third-order valence-electron chi connectivity index (χ3n) is 2.19. The van der Waals surface area contributed by atoms with Gasteiger partial charge in [-0.05, 0) is 20.3 Å². The number of hydrogen-bond donors (Lipinski definition) is 0. The van der Waals surface area contributed by atoms with Crippen molar-refractivity contribution in [2.24, 2.45) is 0 Å². The molecule has 0 amide bonds. The molecule has 0 heterocycles. The predicted octanol–water partition coefficient (Wildman–Crippen LogP) is 2.02. The summed E-state index contributed by atoms with van der Waals surface area (Å²) < 4.78 is 15.3.